The van der Waals surface area contributed by atoms with Gasteiger partial charge in [-0.2, -0.15) is 0 Å². The normalized spacial score (nSPS) is 11.4. The Morgan fingerprint density at radius 1 is 0.404 bits per heavy atom. The number of fused-ring (bicyclic) bond motifs is 5. The van der Waals surface area contributed by atoms with Gasteiger partial charge in [0.1, 0.15) is 0 Å². The molecule has 222 valence electrons. The van der Waals surface area contributed by atoms with Gasteiger partial charge >= 0.3 is 0 Å². The average molecular weight is 603 g/mol. The monoisotopic (exact) mass is 602 g/mol. The molecule has 9 rings (SSSR count). The van der Waals surface area contributed by atoms with Gasteiger partial charge in [-0.25, -0.2) is 0 Å². The van der Waals surface area contributed by atoms with E-state index in [2.05, 4.69) is 191 Å². The molecule has 0 aliphatic rings. The van der Waals surface area contributed by atoms with Crippen molar-refractivity contribution in [2.24, 2.45) is 0 Å². The maximum Gasteiger partial charge on any atom is 0.213 e. The quantitative estimate of drug-likeness (QED) is 0.189. The summed E-state index contributed by atoms with van der Waals surface area (Å²) >= 11 is 0. The Morgan fingerprint density at radius 2 is 0.957 bits per heavy atom. The fourth-order valence-corrected chi connectivity index (χ4v) is 6.82. The average Bonchev–Trinajstić information content (AvgIpc) is 3.68. The highest BCUT2D eigenvalue weighted by Gasteiger charge is 2.22. The Kier molecular flexibility index (Phi) is 6.46. The predicted molar refractivity (Wildman–Crippen MR) is 196 cm³/mol. The van der Waals surface area contributed by atoms with Crippen LogP contribution >= 0.6 is 0 Å². The van der Waals surface area contributed by atoms with Crippen molar-refractivity contribution in [3.8, 4) is 33.4 Å². The number of para-hydroxylation sites is 3. The zero-order valence-electron chi connectivity index (χ0n) is 25.6. The molecule has 0 saturated heterocycles. The molecule has 47 heavy (non-hydrogen) atoms. The summed E-state index contributed by atoms with van der Waals surface area (Å²) < 4.78 is 9.21. The minimum Gasteiger partial charge on any atom is -0.437 e. The molecule has 0 fully saturated rings. The fourth-order valence-electron chi connectivity index (χ4n) is 6.82. The summed E-state index contributed by atoms with van der Waals surface area (Å²) in [5.41, 5.74) is 14.1. The van der Waals surface area contributed by atoms with Crippen molar-refractivity contribution in [2.75, 3.05) is 4.90 Å². The standard InChI is InChI=1S/C44H30N2O/c1-5-14-31(15-6-1)34-26-29-40-39(30-34)42(33-16-7-2-8-17-33)44-46(40)41-23-13-22-38(43(41)47-44)32-24-27-37(28-25-32)45(35-18-9-3-10-19-35)36-20-11-4-12-21-36/h1-30H. The smallest absolute Gasteiger partial charge is 0.213 e. The molecule has 3 heteroatoms. The molecule has 0 saturated carbocycles. The maximum absolute atomic E-state index is 6.92. The second-order valence-corrected chi connectivity index (χ2v) is 11.8. The van der Waals surface area contributed by atoms with E-state index in [4.69, 9.17) is 4.42 Å². The van der Waals surface area contributed by atoms with Crippen molar-refractivity contribution in [1.82, 2.24) is 4.40 Å². The van der Waals surface area contributed by atoms with Crippen LogP contribution < -0.4 is 4.90 Å². The Labute approximate surface area is 273 Å². The second kappa shape index (κ2) is 11.2. The number of aromatic nitrogens is 1. The number of hydrogen-bond donors (Lipinski definition) is 0. The van der Waals surface area contributed by atoms with Crippen LogP contribution in [-0.2, 0) is 0 Å². The van der Waals surface area contributed by atoms with E-state index in [1.165, 1.54) is 16.5 Å². The molecule has 3 nitrogen and oxygen atoms in total. The second-order valence-electron chi connectivity index (χ2n) is 11.8. The topological polar surface area (TPSA) is 20.8 Å². The first-order valence-corrected chi connectivity index (χ1v) is 15.9. The molecular weight excluding hydrogens is 572 g/mol. The summed E-state index contributed by atoms with van der Waals surface area (Å²) in [5, 5.41) is 1.18. The molecule has 0 aliphatic heterocycles. The van der Waals surface area contributed by atoms with Crippen LogP contribution in [0.1, 0.15) is 0 Å². The van der Waals surface area contributed by atoms with Gasteiger partial charge < -0.3 is 9.32 Å². The molecule has 0 aliphatic carbocycles. The zero-order chi connectivity index (χ0) is 31.2. The van der Waals surface area contributed by atoms with E-state index in [1.54, 1.807) is 0 Å². The van der Waals surface area contributed by atoms with Gasteiger partial charge in [-0.05, 0) is 76.9 Å². The number of oxazole rings is 1. The summed E-state index contributed by atoms with van der Waals surface area (Å²) in [6.07, 6.45) is 0. The van der Waals surface area contributed by atoms with E-state index >= 15 is 0 Å². The lowest BCUT2D eigenvalue weighted by Crippen LogP contribution is -2.09. The first-order chi connectivity index (χ1) is 23.3. The number of rotatable bonds is 6. The molecule has 0 bridgehead atoms. The van der Waals surface area contributed by atoms with Crippen LogP contribution in [0.15, 0.2) is 186 Å². The molecule has 7 aromatic carbocycles. The van der Waals surface area contributed by atoms with Crippen LogP contribution in [0.3, 0.4) is 0 Å². The van der Waals surface area contributed by atoms with E-state index in [0.717, 1.165) is 61.6 Å². The summed E-state index contributed by atoms with van der Waals surface area (Å²) in [4.78, 5) is 2.28. The van der Waals surface area contributed by atoms with Crippen LogP contribution in [0.4, 0.5) is 17.1 Å². The third-order valence-corrected chi connectivity index (χ3v) is 8.99. The predicted octanol–water partition coefficient (Wildman–Crippen LogP) is 12.3. The van der Waals surface area contributed by atoms with Crippen LogP contribution in [0.5, 0.6) is 0 Å². The Morgan fingerprint density at radius 3 is 1.60 bits per heavy atom. The van der Waals surface area contributed by atoms with Gasteiger partial charge in [0.2, 0.25) is 5.71 Å². The lowest BCUT2D eigenvalue weighted by molar-refractivity contribution is 0.659. The lowest BCUT2D eigenvalue weighted by Gasteiger charge is -2.25. The molecule has 0 atom stereocenters. The number of hydrogen-bond acceptors (Lipinski definition) is 2. The Hall–Kier alpha value is -6.32. The van der Waals surface area contributed by atoms with Gasteiger partial charge in [-0.1, -0.05) is 127 Å². The Bertz CT molecular complexity index is 2440. The minimum atomic E-state index is 0.856. The first kappa shape index (κ1) is 27.0. The highest BCUT2D eigenvalue weighted by Crippen LogP contribution is 2.43. The molecule has 0 N–H and O–H groups in total. The van der Waals surface area contributed by atoms with Crippen molar-refractivity contribution in [3.63, 3.8) is 0 Å². The zero-order valence-corrected chi connectivity index (χ0v) is 25.6. The summed E-state index contributed by atoms with van der Waals surface area (Å²) in [6, 6.07) is 64.1. The van der Waals surface area contributed by atoms with Gasteiger partial charge in [0.15, 0.2) is 5.58 Å². The van der Waals surface area contributed by atoms with Crippen molar-refractivity contribution >= 4 is 44.8 Å². The molecule has 2 heterocycles. The van der Waals surface area contributed by atoms with Gasteiger partial charge in [0.05, 0.1) is 16.6 Å². The van der Waals surface area contributed by atoms with Gasteiger partial charge in [0.25, 0.3) is 0 Å². The van der Waals surface area contributed by atoms with E-state index in [-0.39, 0.29) is 0 Å². The lowest BCUT2D eigenvalue weighted by atomic mass is 9.99. The van der Waals surface area contributed by atoms with Gasteiger partial charge in [0, 0.05) is 28.0 Å². The molecule has 0 unspecified atom stereocenters. The molecular formula is C44H30N2O. The van der Waals surface area contributed by atoms with Gasteiger partial charge in [-0.3, -0.25) is 4.40 Å². The molecule has 0 amide bonds. The summed E-state index contributed by atoms with van der Waals surface area (Å²) in [5.74, 6) is 0. The van der Waals surface area contributed by atoms with Gasteiger partial charge in [-0.15, -0.1) is 0 Å². The van der Waals surface area contributed by atoms with Crippen molar-refractivity contribution in [1.29, 1.82) is 0 Å². The largest absolute Gasteiger partial charge is 0.437 e. The number of anilines is 3. The molecule has 2 aromatic heterocycles. The summed E-state index contributed by atoms with van der Waals surface area (Å²) in [6.45, 7) is 0. The SMILES string of the molecule is c1ccc(-c2ccc3c(c2)c(-c2ccccc2)c2oc4c(-c5ccc(N(c6ccccc6)c6ccccc6)cc5)cccc4n23)cc1. The summed E-state index contributed by atoms with van der Waals surface area (Å²) in [7, 11) is 0. The maximum atomic E-state index is 6.92. The van der Waals surface area contributed by atoms with Crippen molar-refractivity contribution in [2.45, 2.75) is 0 Å². The van der Waals surface area contributed by atoms with Crippen LogP contribution in [0, 0.1) is 0 Å². The first-order valence-electron chi connectivity index (χ1n) is 15.9. The fraction of sp³-hybridized carbons (Fsp3) is 0. The van der Waals surface area contributed by atoms with E-state index in [0.29, 0.717) is 0 Å². The molecule has 0 spiro atoms. The molecule has 9 aromatic rings. The van der Waals surface area contributed by atoms with Crippen LogP contribution in [0.2, 0.25) is 0 Å². The highest BCUT2D eigenvalue weighted by atomic mass is 16.3. The third-order valence-electron chi connectivity index (χ3n) is 8.99. The molecule has 0 radical (unpaired) electrons. The minimum absolute atomic E-state index is 0.856. The Balaban J connectivity index is 1.21. The number of benzene rings is 7. The van der Waals surface area contributed by atoms with E-state index in [9.17, 15) is 0 Å². The van der Waals surface area contributed by atoms with E-state index < -0.39 is 0 Å². The third kappa shape index (κ3) is 4.60. The van der Waals surface area contributed by atoms with Crippen LogP contribution in [0.25, 0.3) is 61.1 Å². The van der Waals surface area contributed by atoms with E-state index in [1.807, 2.05) is 0 Å². The van der Waals surface area contributed by atoms with Crippen LogP contribution in [-0.4, -0.2) is 4.40 Å². The highest BCUT2D eigenvalue weighted by molar-refractivity contribution is 6.09. The van der Waals surface area contributed by atoms with Crippen molar-refractivity contribution < 1.29 is 4.42 Å². The van der Waals surface area contributed by atoms with Crippen molar-refractivity contribution in [3.05, 3.63) is 182 Å². The number of nitrogens with zero attached hydrogens (tertiary/aromatic N) is 2.